The number of methoxy groups -OCH3 is 1. The van der Waals surface area contributed by atoms with E-state index in [1.165, 1.54) is 26.4 Å². The van der Waals surface area contributed by atoms with Gasteiger partial charge < -0.3 is 10.1 Å². The first kappa shape index (κ1) is 14.6. The number of amides is 1. The quantitative estimate of drug-likeness (QED) is 0.625. The summed E-state index contributed by atoms with van der Waals surface area (Å²) in [5.74, 6) is 1.85. The molecule has 1 atom stereocenters. The summed E-state index contributed by atoms with van der Waals surface area (Å²) >= 11 is 0. The SMILES string of the molecule is C=CC[C@H](NC(=O)C12CC3CC(CC(C3)C1)C2)C(=O)OC. The first-order valence-electron chi connectivity index (χ1n) is 8.06. The molecule has 0 radical (unpaired) electrons. The molecule has 1 amide bonds. The molecule has 4 rings (SSSR count). The van der Waals surface area contributed by atoms with Gasteiger partial charge in [-0.05, 0) is 62.7 Å². The summed E-state index contributed by atoms with van der Waals surface area (Å²) < 4.78 is 4.78. The fraction of sp³-hybridized carbons (Fsp3) is 0.765. The van der Waals surface area contributed by atoms with Gasteiger partial charge in [0, 0.05) is 5.41 Å². The molecule has 0 heterocycles. The number of hydrogen-bond donors (Lipinski definition) is 1. The highest BCUT2D eigenvalue weighted by Crippen LogP contribution is 2.60. The fourth-order valence-electron chi connectivity index (χ4n) is 5.22. The Bertz CT molecular complexity index is 422. The molecule has 4 nitrogen and oxygen atoms in total. The molecule has 4 aliphatic rings. The first-order chi connectivity index (χ1) is 10.1. The van der Waals surface area contributed by atoms with E-state index in [4.69, 9.17) is 4.74 Å². The third-order valence-corrected chi connectivity index (χ3v) is 5.71. The Labute approximate surface area is 126 Å². The predicted molar refractivity (Wildman–Crippen MR) is 79.4 cm³/mol. The molecule has 0 aromatic heterocycles. The largest absolute Gasteiger partial charge is 0.467 e. The van der Waals surface area contributed by atoms with Crippen LogP contribution in [0.1, 0.15) is 44.9 Å². The zero-order chi connectivity index (χ0) is 15.0. The van der Waals surface area contributed by atoms with Crippen molar-refractivity contribution in [2.24, 2.45) is 23.2 Å². The highest BCUT2D eigenvalue weighted by molar-refractivity contribution is 5.88. The monoisotopic (exact) mass is 291 g/mol. The Kier molecular flexibility index (Phi) is 3.80. The number of nitrogens with one attached hydrogen (secondary N) is 1. The Hall–Kier alpha value is -1.32. The van der Waals surface area contributed by atoms with Crippen molar-refractivity contribution in [2.75, 3.05) is 7.11 Å². The van der Waals surface area contributed by atoms with E-state index in [2.05, 4.69) is 11.9 Å². The van der Waals surface area contributed by atoms with Crippen molar-refractivity contribution in [1.29, 1.82) is 0 Å². The standard InChI is InChI=1S/C17H25NO3/c1-3-4-14(15(19)21-2)18-16(20)17-8-11-5-12(9-17)7-13(6-11)10-17/h3,11-14H,1,4-10H2,2H3,(H,18,20)/t11?,12?,13?,14-,17?/m0/s1. The summed E-state index contributed by atoms with van der Waals surface area (Å²) in [4.78, 5) is 24.6. The summed E-state index contributed by atoms with van der Waals surface area (Å²) in [6.07, 6.45) is 9.01. The molecule has 0 aromatic carbocycles. The van der Waals surface area contributed by atoms with Crippen molar-refractivity contribution in [2.45, 2.75) is 51.0 Å². The molecule has 21 heavy (non-hydrogen) atoms. The fourth-order valence-corrected chi connectivity index (χ4v) is 5.22. The normalized spacial score (nSPS) is 37.9. The van der Waals surface area contributed by atoms with Gasteiger partial charge in [-0.1, -0.05) is 6.08 Å². The topological polar surface area (TPSA) is 55.4 Å². The van der Waals surface area contributed by atoms with E-state index in [0.29, 0.717) is 6.42 Å². The lowest BCUT2D eigenvalue weighted by Crippen LogP contribution is -2.56. The second-order valence-corrected chi connectivity index (χ2v) is 7.27. The molecule has 4 bridgehead atoms. The highest BCUT2D eigenvalue weighted by atomic mass is 16.5. The van der Waals surface area contributed by atoms with Crippen LogP contribution in [0.25, 0.3) is 0 Å². The third-order valence-electron chi connectivity index (χ3n) is 5.71. The van der Waals surface area contributed by atoms with Crippen molar-refractivity contribution >= 4 is 11.9 Å². The molecule has 0 aromatic rings. The molecule has 0 spiro atoms. The smallest absolute Gasteiger partial charge is 0.328 e. The minimum absolute atomic E-state index is 0.0684. The average molecular weight is 291 g/mol. The Morgan fingerprint density at radius 1 is 1.24 bits per heavy atom. The van der Waals surface area contributed by atoms with E-state index < -0.39 is 6.04 Å². The second-order valence-electron chi connectivity index (χ2n) is 7.27. The van der Waals surface area contributed by atoms with Crippen LogP contribution in [-0.2, 0) is 14.3 Å². The molecular formula is C17H25NO3. The van der Waals surface area contributed by atoms with Crippen LogP contribution in [0.5, 0.6) is 0 Å². The number of hydrogen-bond acceptors (Lipinski definition) is 3. The van der Waals surface area contributed by atoms with Crippen molar-refractivity contribution < 1.29 is 14.3 Å². The minimum atomic E-state index is -0.590. The van der Waals surface area contributed by atoms with E-state index in [1.807, 2.05) is 0 Å². The number of ether oxygens (including phenoxy) is 1. The van der Waals surface area contributed by atoms with Crippen LogP contribution in [0.3, 0.4) is 0 Å². The second kappa shape index (κ2) is 5.47. The van der Waals surface area contributed by atoms with Gasteiger partial charge >= 0.3 is 5.97 Å². The van der Waals surface area contributed by atoms with Gasteiger partial charge in [-0.25, -0.2) is 4.79 Å². The molecular weight excluding hydrogens is 266 g/mol. The molecule has 116 valence electrons. The van der Waals surface area contributed by atoms with Gasteiger partial charge in [0.2, 0.25) is 5.91 Å². The van der Waals surface area contributed by atoms with Gasteiger partial charge in [0.1, 0.15) is 6.04 Å². The molecule has 4 saturated carbocycles. The maximum absolute atomic E-state index is 12.8. The maximum atomic E-state index is 12.8. The van der Waals surface area contributed by atoms with E-state index in [-0.39, 0.29) is 17.3 Å². The van der Waals surface area contributed by atoms with Crippen LogP contribution in [0.4, 0.5) is 0 Å². The van der Waals surface area contributed by atoms with Crippen LogP contribution in [0.2, 0.25) is 0 Å². The Morgan fingerprint density at radius 2 is 1.76 bits per heavy atom. The zero-order valence-corrected chi connectivity index (χ0v) is 12.8. The lowest BCUT2D eigenvalue weighted by atomic mass is 9.49. The van der Waals surface area contributed by atoms with Crippen molar-refractivity contribution in [3.63, 3.8) is 0 Å². The summed E-state index contributed by atoms with van der Waals surface area (Å²) in [7, 11) is 1.36. The number of esters is 1. The number of carbonyl (C=O) groups is 2. The summed E-state index contributed by atoms with van der Waals surface area (Å²) in [6, 6.07) is -0.590. The summed E-state index contributed by atoms with van der Waals surface area (Å²) in [5.41, 5.74) is -0.220. The molecule has 0 saturated heterocycles. The van der Waals surface area contributed by atoms with Gasteiger partial charge in [0.05, 0.1) is 7.11 Å². The van der Waals surface area contributed by atoms with Crippen molar-refractivity contribution in [3.05, 3.63) is 12.7 Å². The van der Waals surface area contributed by atoms with Crippen molar-refractivity contribution in [1.82, 2.24) is 5.32 Å². The van der Waals surface area contributed by atoms with Gasteiger partial charge in [-0.2, -0.15) is 0 Å². The summed E-state index contributed by atoms with van der Waals surface area (Å²) in [5, 5.41) is 2.94. The van der Waals surface area contributed by atoms with Crippen LogP contribution in [-0.4, -0.2) is 25.0 Å². The Morgan fingerprint density at radius 3 is 2.19 bits per heavy atom. The molecule has 4 heteroatoms. The van der Waals surface area contributed by atoms with E-state index in [9.17, 15) is 9.59 Å². The molecule has 0 unspecified atom stereocenters. The average Bonchev–Trinajstić information content (AvgIpc) is 2.44. The van der Waals surface area contributed by atoms with Crippen LogP contribution >= 0.6 is 0 Å². The first-order valence-corrected chi connectivity index (χ1v) is 8.06. The lowest BCUT2D eigenvalue weighted by Gasteiger charge is -2.55. The molecule has 4 fully saturated rings. The maximum Gasteiger partial charge on any atom is 0.328 e. The molecule has 0 aliphatic heterocycles. The van der Waals surface area contributed by atoms with Gasteiger partial charge in [-0.15, -0.1) is 6.58 Å². The van der Waals surface area contributed by atoms with E-state index in [0.717, 1.165) is 37.0 Å². The zero-order valence-electron chi connectivity index (χ0n) is 12.8. The van der Waals surface area contributed by atoms with Gasteiger partial charge in [0.25, 0.3) is 0 Å². The van der Waals surface area contributed by atoms with Gasteiger partial charge in [-0.3, -0.25) is 4.79 Å². The Balaban J connectivity index is 1.72. The minimum Gasteiger partial charge on any atom is -0.467 e. The van der Waals surface area contributed by atoms with Crippen molar-refractivity contribution in [3.8, 4) is 0 Å². The van der Waals surface area contributed by atoms with E-state index in [1.54, 1.807) is 6.08 Å². The van der Waals surface area contributed by atoms with Gasteiger partial charge in [0.15, 0.2) is 0 Å². The van der Waals surface area contributed by atoms with Crippen LogP contribution in [0.15, 0.2) is 12.7 Å². The number of rotatable bonds is 5. The molecule has 4 aliphatic carbocycles. The number of carbonyl (C=O) groups excluding carboxylic acids is 2. The third kappa shape index (κ3) is 2.60. The molecule has 1 N–H and O–H groups in total. The van der Waals surface area contributed by atoms with E-state index >= 15 is 0 Å². The van der Waals surface area contributed by atoms with Crippen LogP contribution < -0.4 is 5.32 Å². The lowest BCUT2D eigenvalue weighted by molar-refractivity contribution is -0.152. The summed E-state index contributed by atoms with van der Waals surface area (Å²) in [6.45, 7) is 3.66. The van der Waals surface area contributed by atoms with Crippen LogP contribution in [0, 0.1) is 23.2 Å². The predicted octanol–water partition coefficient (Wildman–Crippen LogP) is 2.44. The highest BCUT2D eigenvalue weighted by Gasteiger charge is 2.54.